The highest BCUT2D eigenvalue weighted by atomic mass is 32.2. The Labute approximate surface area is 167 Å². The average molecular weight is 415 g/mol. The highest BCUT2D eigenvalue weighted by Crippen LogP contribution is 2.31. The molecule has 1 heterocycles. The van der Waals surface area contributed by atoms with Crippen LogP contribution in [-0.4, -0.2) is 25.1 Å². The molecule has 0 bridgehead atoms. The number of para-hydroxylation sites is 1. The van der Waals surface area contributed by atoms with Crippen LogP contribution in [0.5, 0.6) is 5.75 Å². The SMILES string of the molecule is C=CS(=O)(=O)NCc1ccccc1NCC#Cc1cc(O)c2nc(N)sc2c1. The van der Waals surface area contributed by atoms with Gasteiger partial charge in [-0.2, -0.15) is 0 Å². The van der Waals surface area contributed by atoms with Crippen LogP contribution in [0.2, 0.25) is 0 Å². The Kier molecular flexibility index (Phi) is 5.84. The highest BCUT2D eigenvalue weighted by Gasteiger charge is 2.08. The number of benzene rings is 2. The molecule has 28 heavy (non-hydrogen) atoms. The Hall–Kier alpha value is -3.06. The molecule has 0 amide bonds. The van der Waals surface area contributed by atoms with Crippen molar-refractivity contribution < 1.29 is 13.5 Å². The lowest BCUT2D eigenvalue weighted by Gasteiger charge is -2.10. The van der Waals surface area contributed by atoms with Crippen molar-refractivity contribution in [3.05, 3.63) is 59.5 Å². The molecule has 3 aromatic rings. The minimum atomic E-state index is -3.49. The number of nitrogens with two attached hydrogens (primary N) is 1. The number of fused-ring (bicyclic) bond motifs is 1. The van der Waals surface area contributed by atoms with Crippen LogP contribution in [0.15, 0.2) is 48.4 Å². The maximum absolute atomic E-state index is 11.5. The maximum Gasteiger partial charge on any atom is 0.233 e. The summed E-state index contributed by atoms with van der Waals surface area (Å²) in [6.07, 6.45) is 0. The fourth-order valence-corrected chi connectivity index (χ4v) is 3.74. The van der Waals surface area contributed by atoms with E-state index in [9.17, 15) is 13.5 Å². The van der Waals surface area contributed by atoms with Crippen LogP contribution in [0.3, 0.4) is 0 Å². The monoisotopic (exact) mass is 414 g/mol. The Bertz CT molecular complexity index is 1190. The van der Waals surface area contributed by atoms with Gasteiger partial charge in [0.05, 0.1) is 11.2 Å². The van der Waals surface area contributed by atoms with Crippen molar-refractivity contribution in [1.29, 1.82) is 0 Å². The first-order valence-electron chi connectivity index (χ1n) is 8.20. The van der Waals surface area contributed by atoms with Crippen molar-refractivity contribution in [2.24, 2.45) is 0 Å². The van der Waals surface area contributed by atoms with E-state index in [1.807, 2.05) is 30.3 Å². The number of phenols is 1. The molecule has 0 aliphatic carbocycles. The number of sulfonamides is 1. The molecule has 2 aromatic carbocycles. The minimum absolute atomic E-state index is 0.0440. The van der Waals surface area contributed by atoms with Gasteiger partial charge in [0.1, 0.15) is 11.3 Å². The zero-order valence-corrected chi connectivity index (χ0v) is 16.4. The van der Waals surface area contributed by atoms with E-state index in [1.54, 1.807) is 6.07 Å². The first-order chi connectivity index (χ1) is 13.4. The number of nitrogens with one attached hydrogen (secondary N) is 2. The van der Waals surface area contributed by atoms with E-state index in [1.165, 1.54) is 11.3 Å². The summed E-state index contributed by atoms with van der Waals surface area (Å²) >= 11 is 1.29. The average Bonchev–Trinajstić information content (AvgIpc) is 3.05. The number of nitrogen functional groups attached to an aromatic ring is 1. The van der Waals surface area contributed by atoms with Gasteiger partial charge in [-0.15, -0.1) is 0 Å². The molecular weight excluding hydrogens is 396 g/mol. The lowest BCUT2D eigenvalue weighted by molar-refractivity contribution is 0.480. The van der Waals surface area contributed by atoms with Crippen LogP contribution in [0.4, 0.5) is 10.8 Å². The number of hydrogen-bond acceptors (Lipinski definition) is 7. The molecule has 7 nitrogen and oxygen atoms in total. The molecule has 0 aliphatic heterocycles. The molecule has 3 rings (SSSR count). The van der Waals surface area contributed by atoms with Crippen LogP contribution < -0.4 is 15.8 Å². The smallest absolute Gasteiger partial charge is 0.233 e. The number of hydrogen-bond donors (Lipinski definition) is 4. The first-order valence-corrected chi connectivity index (χ1v) is 10.6. The van der Waals surface area contributed by atoms with Gasteiger partial charge in [0.2, 0.25) is 10.0 Å². The van der Waals surface area contributed by atoms with E-state index >= 15 is 0 Å². The van der Waals surface area contributed by atoms with Crippen molar-refractivity contribution in [1.82, 2.24) is 9.71 Å². The van der Waals surface area contributed by atoms with Gasteiger partial charge in [-0.1, -0.05) is 48.0 Å². The zero-order valence-electron chi connectivity index (χ0n) is 14.8. The lowest BCUT2D eigenvalue weighted by atomic mass is 10.2. The van der Waals surface area contributed by atoms with Crippen LogP contribution >= 0.6 is 11.3 Å². The van der Waals surface area contributed by atoms with E-state index < -0.39 is 10.0 Å². The summed E-state index contributed by atoms with van der Waals surface area (Å²) in [6, 6.07) is 10.7. The van der Waals surface area contributed by atoms with E-state index in [0.29, 0.717) is 22.8 Å². The Morgan fingerprint density at radius 1 is 1.32 bits per heavy atom. The first kappa shape index (κ1) is 19.7. The summed E-state index contributed by atoms with van der Waals surface area (Å²) in [7, 11) is -3.49. The third-order valence-electron chi connectivity index (χ3n) is 3.79. The Morgan fingerprint density at radius 2 is 2.11 bits per heavy atom. The number of anilines is 2. The van der Waals surface area contributed by atoms with Crippen molar-refractivity contribution >= 4 is 42.4 Å². The van der Waals surface area contributed by atoms with Crippen LogP contribution in [0, 0.1) is 11.8 Å². The minimum Gasteiger partial charge on any atom is -0.506 e. The van der Waals surface area contributed by atoms with E-state index in [-0.39, 0.29) is 12.3 Å². The van der Waals surface area contributed by atoms with E-state index in [2.05, 4.69) is 33.4 Å². The van der Waals surface area contributed by atoms with Gasteiger partial charge in [-0.05, 0) is 23.8 Å². The summed E-state index contributed by atoms with van der Waals surface area (Å²) in [6.45, 7) is 3.75. The van der Waals surface area contributed by atoms with Gasteiger partial charge in [0.15, 0.2) is 5.13 Å². The predicted molar refractivity (Wildman–Crippen MR) is 113 cm³/mol. The topological polar surface area (TPSA) is 117 Å². The highest BCUT2D eigenvalue weighted by molar-refractivity contribution is 7.92. The number of rotatable bonds is 6. The molecule has 144 valence electrons. The van der Waals surface area contributed by atoms with Crippen molar-refractivity contribution in [3.8, 4) is 17.6 Å². The Morgan fingerprint density at radius 3 is 2.89 bits per heavy atom. The molecule has 0 saturated carbocycles. The number of thiazole rings is 1. The van der Waals surface area contributed by atoms with Crippen LogP contribution in [0.25, 0.3) is 10.2 Å². The molecule has 1 aromatic heterocycles. The fourth-order valence-electron chi connectivity index (χ4n) is 2.47. The summed E-state index contributed by atoms with van der Waals surface area (Å²) in [5.41, 5.74) is 8.36. The Balaban J connectivity index is 1.69. The summed E-state index contributed by atoms with van der Waals surface area (Å²) in [5, 5.41) is 14.5. The zero-order chi connectivity index (χ0) is 20.1. The van der Waals surface area contributed by atoms with Gasteiger partial charge < -0.3 is 16.2 Å². The predicted octanol–water partition coefficient (Wildman–Crippen LogP) is 2.61. The number of nitrogens with zero attached hydrogens (tertiary/aromatic N) is 1. The van der Waals surface area contributed by atoms with Crippen LogP contribution in [-0.2, 0) is 16.6 Å². The number of phenolic OH excluding ortho intramolecular Hbond substituents is 1. The van der Waals surface area contributed by atoms with E-state index in [0.717, 1.165) is 21.4 Å². The largest absolute Gasteiger partial charge is 0.506 e. The quantitative estimate of drug-likeness (QED) is 0.461. The normalized spacial score (nSPS) is 11.0. The van der Waals surface area contributed by atoms with Gasteiger partial charge in [0.25, 0.3) is 0 Å². The third-order valence-corrected chi connectivity index (χ3v) is 5.61. The van der Waals surface area contributed by atoms with Crippen molar-refractivity contribution in [2.45, 2.75) is 6.54 Å². The van der Waals surface area contributed by atoms with Gasteiger partial charge in [-0.3, -0.25) is 0 Å². The molecular formula is C19H18N4O3S2. The standard InChI is InChI=1S/C19H18N4O3S2/c1-2-28(25,26)22-12-14-7-3-4-8-15(14)21-9-5-6-13-10-16(24)18-17(11-13)27-19(20)23-18/h2-4,7-8,10-11,21-22,24H,1,9,12H2,(H2,20,23). The number of aromatic hydroxyl groups is 1. The summed E-state index contributed by atoms with van der Waals surface area (Å²) in [4.78, 5) is 4.07. The second-order valence-corrected chi connectivity index (χ2v) is 8.51. The molecule has 0 radical (unpaired) electrons. The van der Waals surface area contributed by atoms with Gasteiger partial charge in [-0.25, -0.2) is 18.1 Å². The second-order valence-electron chi connectivity index (χ2n) is 5.74. The van der Waals surface area contributed by atoms with E-state index in [4.69, 9.17) is 5.73 Å². The van der Waals surface area contributed by atoms with Gasteiger partial charge in [0, 0.05) is 23.2 Å². The summed E-state index contributed by atoms with van der Waals surface area (Å²) in [5.74, 6) is 6.01. The second kappa shape index (κ2) is 8.31. The summed E-state index contributed by atoms with van der Waals surface area (Å²) < 4.78 is 26.3. The molecule has 0 saturated heterocycles. The molecule has 0 spiro atoms. The molecule has 0 aliphatic rings. The molecule has 0 fully saturated rings. The van der Waals surface area contributed by atoms with Crippen LogP contribution in [0.1, 0.15) is 11.1 Å². The molecule has 0 atom stereocenters. The molecule has 9 heteroatoms. The molecule has 5 N–H and O–H groups in total. The maximum atomic E-state index is 11.5. The fraction of sp³-hybridized carbons (Fsp3) is 0.105. The number of aromatic nitrogens is 1. The lowest BCUT2D eigenvalue weighted by Crippen LogP contribution is -2.21. The van der Waals surface area contributed by atoms with Gasteiger partial charge >= 0.3 is 0 Å². The molecule has 0 unspecified atom stereocenters. The van der Waals surface area contributed by atoms with Crippen molar-refractivity contribution in [2.75, 3.05) is 17.6 Å². The third kappa shape index (κ3) is 4.80. The van der Waals surface area contributed by atoms with Crippen molar-refractivity contribution in [3.63, 3.8) is 0 Å².